The standard InChI is InChI=1S/C74H54BN3O4/c1-73(2,3)43-23-27-45(28-24-43)76(46-29-25-44(26-30-46)74(4,5)6)49-37-62-72-63(38-49)78(48-32-34-69-55(36-48)51-16-8-12-20-65(51)80-69)61-40-57-53-18-10-14-22-67(53)82-71(57)42-59(61)75(72)58-41-70-56(52-17-9-13-21-66(52)81-70)39-60(58)77(62)47-31-33-68-54(35-47)50-15-7-11-19-64(50)79-68/h7-42H,1-6H3. The molecule has 4 aromatic heterocycles. The van der Waals surface area contributed by atoms with Crippen LogP contribution in [0.5, 0.6) is 0 Å². The van der Waals surface area contributed by atoms with Crippen molar-refractivity contribution in [2.45, 2.75) is 52.4 Å². The highest BCUT2D eigenvalue weighted by molar-refractivity contribution is 7.00. The van der Waals surface area contributed by atoms with Crippen LogP contribution in [0.1, 0.15) is 52.7 Å². The minimum absolute atomic E-state index is 0.0369. The van der Waals surface area contributed by atoms with Gasteiger partial charge < -0.3 is 32.4 Å². The molecule has 2 aliphatic rings. The zero-order chi connectivity index (χ0) is 54.9. The predicted molar refractivity (Wildman–Crippen MR) is 342 cm³/mol. The molecule has 6 heterocycles. The first-order chi connectivity index (χ1) is 39.9. The molecule has 0 unspecified atom stereocenters. The lowest BCUT2D eigenvalue weighted by Gasteiger charge is -2.45. The molecule has 0 spiro atoms. The zero-order valence-electron chi connectivity index (χ0n) is 46.3. The minimum atomic E-state index is -0.269. The van der Waals surface area contributed by atoms with Crippen LogP contribution < -0.4 is 31.1 Å². The van der Waals surface area contributed by atoms with Crippen molar-refractivity contribution in [1.82, 2.24) is 0 Å². The van der Waals surface area contributed by atoms with Gasteiger partial charge in [0.1, 0.15) is 44.7 Å². The first kappa shape index (κ1) is 46.9. The van der Waals surface area contributed by atoms with Gasteiger partial charge in [-0.05, 0) is 160 Å². The van der Waals surface area contributed by atoms with Crippen molar-refractivity contribution in [1.29, 1.82) is 0 Å². The Morgan fingerprint density at radius 1 is 0.305 bits per heavy atom. The third-order valence-electron chi connectivity index (χ3n) is 17.5. The Hall–Kier alpha value is -9.92. The van der Waals surface area contributed by atoms with Gasteiger partial charge in [0.25, 0.3) is 6.71 Å². The number of benzene rings is 11. The van der Waals surface area contributed by atoms with Gasteiger partial charge in [0.05, 0.1) is 5.69 Å². The molecule has 11 aromatic carbocycles. The average molecular weight is 1060 g/mol. The number of furan rings is 4. The van der Waals surface area contributed by atoms with E-state index in [4.69, 9.17) is 17.7 Å². The fourth-order valence-corrected chi connectivity index (χ4v) is 13.5. The van der Waals surface area contributed by atoms with Gasteiger partial charge in [-0.2, -0.15) is 0 Å². The summed E-state index contributed by atoms with van der Waals surface area (Å²) >= 11 is 0. The smallest absolute Gasteiger partial charge is 0.252 e. The molecule has 0 fully saturated rings. The fourth-order valence-electron chi connectivity index (χ4n) is 13.5. The normalized spacial score (nSPS) is 13.4. The maximum absolute atomic E-state index is 6.87. The number of hydrogen-bond donors (Lipinski definition) is 0. The number of nitrogens with zero attached hydrogens (tertiary/aromatic N) is 3. The lowest BCUT2D eigenvalue weighted by molar-refractivity contribution is 0.590. The van der Waals surface area contributed by atoms with Crippen molar-refractivity contribution in [3.63, 3.8) is 0 Å². The molecule has 0 bridgehead atoms. The van der Waals surface area contributed by atoms with Gasteiger partial charge in [-0.3, -0.25) is 0 Å². The van der Waals surface area contributed by atoms with E-state index in [2.05, 4.69) is 262 Å². The molecule has 7 nitrogen and oxygen atoms in total. The van der Waals surface area contributed by atoms with E-state index >= 15 is 0 Å². The van der Waals surface area contributed by atoms with Crippen LogP contribution in [0.25, 0.3) is 87.8 Å². The average Bonchev–Trinajstić information content (AvgIpc) is 1.34. The van der Waals surface area contributed by atoms with Crippen LogP contribution in [-0.2, 0) is 10.8 Å². The summed E-state index contributed by atoms with van der Waals surface area (Å²) in [7, 11) is 0. The molecular formula is C74H54BN3O4. The first-order valence-electron chi connectivity index (χ1n) is 28.4. The monoisotopic (exact) mass is 1060 g/mol. The molecule has 0 aliphatic carbocycles. The number of fused-ring (bicyclic) bond motifs is 16. The summed E-state index contributed by atoms with van der Waals surface area (Å²) < 4.78 is 26.8. The van der Waals surface area contributed by atoms with E-state index in [1.54, 1.807) is 0 Å². The zero-order valence-corrected chi connectivity index (χ0v) is 46.3. The Morgan fingerprint density at radius 3 is 1.02 bits per heavy atom. The maximum Gasteiger partial charge on any atom is 0.252 e. The summed E-state index contributed by atoms with van der Waals surface area (Å²) in [4.78, 5) is 7.47. The van der Waals surface area contributed by atoms with Gasteiger partial charge in [0.15, 0.2) is 0 Å². The van der Waals surface area contributed by atoms with E-state index in [0.29, 0.717) is 0 Å². The van der Waals surface area contributed by atoms with E-state index in [1.165, 1.54) is 11.1 Å². The Balaban J connectivity index is 1.03. The van der Waals surface area contributed by atoms with Crippen LogP contribution in [0, 0.1) is 0 Å². The number of rotatable bonds is 5. The van der Waals surface area contributed by atoms with Crippen molar-refractivity contribution in [2.75, 3.05) is 14.7 Å². The molecule has 0 N–H and O–H groups in total. The van der Waals surface area contributed by atoms with E-state index in [9.17, 15) is 0 Å². The van der Waals surface area contributed by atoms with Crippen molar-refractivity contribution in [2.24, 2.45) is 0 Å². The van der Waals surface area contributed by atoms with Crippen LogP contribution in [0.3, 0.4) is 0 Å². The molecular weight excluding hydrogens is 1010 g/mol. The topological polar surface area (TPSA) is 62.3 Å². The molecule has 0 atom stereocenters. The maximum atomic E-state index is 6.87. The lowest BCUT2D eigenvalue weighted by atomic mass is 9.33. The third-order valence-corrected chi connectivity index (χ3v) is 17.5. The molecule has 0 saturated carbocycles. The minimum Gasteiger partial charge on any atom is -0.456 e. The summed E-state index contributed by atoms with van der Waals surface area (Å²) in [5, 5.41) is 8.50. The fraction of sp³-hybridized carbons (Fsp3) is 0.108. The van der Waals surface area contributed by atoms with Gasteiger partial charge in [-0.1, -0.05) is 139 Å². The molecule has 0 amide bonds. The van der Waals surface area contributed by atoms with E-state index < -0.39 is 0 Å². The summed E-state index contributed by atoms with van der Waals surface area (Å²) in [5.41, 5.74) is 22.1. The van der Waals surface area contributed by atoms with Crippen molar-refractivity contribution >= 4 is 162 Å². The van der Waals surface area contributed by atoms with Crippen molar-refractivity contribution in [3.8, 4) is 0 Å². The van der Waals surface area contributed by atoms with E-state index in [0.717, 1.165) is 155 Å². The Labute approximate surface area is 473 Å². The second kappa shape index (κ2) is 16.8. The number of hydrogen-bond acceptors (Lipinski definition) is 7. The summed E-state index contributed by atoms with van der Waals surface area (Å²) in [6.45, 7) is 13.4. The van der Waals surface area contributed by atoms with Crippen LogP contribution >= 0.6 is 0 Å². The molecule has 392 valence electrons. The second-order valence-electron chi connectivity index (χ2n) is 24.5. The highest BCUT2D eigenvalue weighted by Gasteiger charge is 2.45. The summed E-state index contributed by atoms with van der Waals surface area (Å²) in [6.07, 6.45) is 0. The molecule has 15 aromatic rings. The highest BCUT2D eigenvalue weighted by atomic mass is 16.3. The third kappa shape index (κ3) is 6.91. The molecule has 8 heteroatoms. The first-order valence-corrected chi connectivity index (χ1v) is 28.4. The molecule has 17 rings (SSSR count). The molecule has 2 aliphatic heterocycles. The molecule has 0 saturated heterocycles. The molecule has 0 radical (unpaired) electrons. The van der Waals surface area contributed by atoms with Crippen LogP contribution in [0.2, 0.25) is 0 Å². The predicted octanol–water partition coefficient (Wildman–Crippen LogP) is 19.4. The van der Waals surface area contributed by atoms with E-state index in [1.807, 2.05) is 12.1 Å². The quantitative estimate of drug-likeness (QED) is 0.159. The van der Waals surface area contributed by atoms with Gasteiger partial charge in [-0.15, -0.1) is 0 Å². The van der Waals surface area contributed by atoms with Crippen molar-refractivity contribution < 1.29 is 17.7 Å². The summed E-state index contributed by atoms with van der Waals surface area (Å²) in [6, 6.07) is 79.5. The second-order valence-corrected chi connectivity index (χ2v) is 24.5. The van der Waals surface area contributed by atoms with Crippen LogP contribution in [-0.4, -0.2) is 6.71 Å². The highest BCUT2D eigenvalue weighted by Crippen LogP contribution is 2.51. The van der Waals surface area contributed by atoms with Crippen LogP contribution in [0.15, 0.2) is 236 Å². The number of para-hydroxylation sites is 4. The largest absolute Gasteiger partial charge is 0.456 e. The Morgan fingerprint density at radius 2 is 0.646 bits per heavy atom. The van der Waals surface area contributed by atoms with Crippen LogP contribution in [0.4, 0.5) is 51.2 Å². The Bertz CT molecular complexity index is 4840. The lowest BCUT2D eigenvalue weighted by Crippen LogP contribution is -2.61. The molecule has 82 heavy (non-hydrogen) atoms. The van der Waals surface area contributed by atoms with Gasteiger partial charge in [-0.25, -0.2) is 0 Å². The van der Waals surface area contributed by atoms with Gasteiger partial charge in [0, 0.05) is 88.6 Å². The summed E-state index contributed by atoms with van der Waals surface area (Å²) in [5.74, 6) is 0. The van der Waals surface area contributed by atoms with Gasteiger partial charge >= 0.3 is 0 Å². The van der Waals surface area contributed by atoms with Gasteiger partial charge in [0.2, 0.25) is 0 Å². The van der Waals surface area contributed by atoms with Crippen molar-refractivity contribution in [3.05, 3.63) is 230 Å². The number of anilines is 9. The van der Waals surface area contributed by atoms with E-state index in [-0.39, 0.29) is 17.5 Å². The Kier molecular flexibility index (Phi) is 9.63. The SMILES string of the molecule is CC(C)(C)c1ccc(N(c2ccc(C(C)(C)C)cc2)c2cc3c4c(c2)N(c2ccc5oc6ccccc6c5c2)c2cc5c(cc2B4c2cc4oc6ccccc6c4cc2N3c2ccc3oc4ccccc4c3c2)oc2ccccc25)cc1.